The Morgan fingerprint density at radius 1 is 1.69 bits per heavy atom. The lowest BCUT2D eigenvalue weighted by Gasteiger charge is -2.18. The molecule has 0 aliphatic carbocycles. The molecule has 5 heteroatoms. The fraction of sp³-hybridized carbons (Fsp3) is 0.727. The third-order valence-corrected chi connectivity index (χ3v) is 4.89. The van der Waals surface area contributed by atoms with Gasteiger partial charge in [-0.2, -0.15) is 11.8 Å². The molecular formula is C11H18N2OS2. The number of ether oxygens (including phenoxy) is 1. The van der Waals surface area contributed by atoms with E-state index in [1.807, 2.05) is 11.8 Å². The van der Waals surface area contributed by atoms with E-state index < -0.39 is 0 Å². The second kappa shape index (κ2) is 5.49. The van der Waals surface area contributed by atoms with Crippen molar-refractivity contribution in [3.05, 3.63) is 16.1 Å². The van der Waals surface area contributed by atoms with Crippen molar-refractivity contribution < 1.29 is 4.74 Å². The fourth-order valence-corrected chi connectivity index (χ4v) is 3.57. The van der Waals surface area contributed by atoms with Gasteiger partial charge >= 0.3 is 0 Å². The molecule has 0 saturated carbocycles. The summed E-state index contributed by atoms with van der Waals surface area (Å²) in [5.41, 5.74) is 6.95. The summed E-state index contributed by atoms with van der Waals surface area (Å²) >= 11 is 3.65. The van der Waals surface area contributed by atoms with E-state index in [0.29, 0.717) is 6.61 Å². The van der Waals surface area contributed by atoms with E-state index >= 15 is 0 Å². The average Bonchev–Trinajstić information content (AvgIpc) is 2.88. The molecule has 2 rings (SSSR count). The molecule has 0 spiro atoms. The molecule has 1 saturated heterocycles. The lowest BCUT2D eigenvalue weighted by Crippen LogP contribution is -2.37. The van der Waals surface area contributed by atoms with Gasteiger partial charge in [-0.05, 0) is 18.6 Å². The summed E-state index contributed by atoms with van der Waals surface area (Å²) < 4.78 is 5.36. The summed E-state index contributed by atoms with van der Waals surface area (Å²) in [6.07, 6.45) is 2.11. The third-order valence-electron chi connectivity index (χ3n) is 2.69. The molecule has 1 unspecified atom stereocenters. The van der Waals surface area contributed by atoms with Gasteiger partial charge in [-0.1, -0.05) is 6.92 Å². The smallest absolute Gasteiger partial charge is 0.103 e. The van der Waals surface area contributed by atoms with Crippen molar-refractivity contribution in [3.63, 3.8) is 0 Å². The molecular weight excluding hydrogens is 240 g/mol. The van der Waals surface area contributed by atoms with E-state index in [-0.39, 0.29) is 5.54 Å². The number of hydrogen-bond acceptors (Lipinski definition) is 5. The minimum absolute atomic E-state index is 0.329. The monoisotopic (exact) mass is 258 g/mol. The molecule has 1 aliphatic rings. The molecule has 1 aliphatic heterocycles. The Morgan fingerprint density at radius 3 is 3.25 bits per heavy atom. The van der Waals surface area contributed by atoms with E-state index in [1.54, 1.807) is 11.3 Å². The number of thiazole rings is 1. The van der Waals surface area contributed by atoms with Gasteiger partial charge in [0.1, 0.15) is 5.01 Å². The number of aromatic nitrogens is 1. The van der Waals surface area contributed by atoms with Gasteiger partial charge in [-0.3, -0.25) is 0 Å². The number of nitrogens with two attached hydrogens (primary N) is 1. The zero-order valence-electron chi connectivity index (χ0n) is 9.57. The number of rotatable bonds is 5. The average molecular weight is 258 g/mol. The Balaban J connectivity index is 1.96. The SMILES string of the molecule is CCCSCc1nc(C2(N)CCOC2)cs1. The molecule has 2 heterocycles. The van der Waals surface area contributed by atoms with Gasteiger partial charge in [-0.15, -0.1) is 11.3 Å². The first kappa shape index (κ1) is 12.4. The van der Waals surface area contributed by atoms with E-state index in [2.05, 4.69) is 17.3 Å². The van der Waals surface area contributed by atoms with Gasteiger partial charge in [0.05, 0.1) is 17.8 Å². The normalized spacial score (nSPS) is 25.1. The van der Waals surface area contributed by atoms with Gasteiger partial charge in [0.15, 0.2) is 0 Å². The van der Waals surface area contributed by atoms with Crippen molar-refractivity contribution >= 4 is 23.1 Å². The van der Waals surface area contributed by atoms with Crippen LogP contribution in [0.1, 0.15) is 30.5 Å². The predicted octanol–water partition coefficient (Wildman–Crippen LogP) is 2.36. The first-order chi connectivity index (χ1) is 7.74. The van der Waals surface area contributed by atoms with Gasteiger partial charge < -0.3 is 10.5 Å². The van der Waals surface area contributed by atoms with Crippen molar-refractivity contribution in [3.8, 4) is 0 Å². The minimum atomic E-state index is -0.329. The van der Waals surface area contributed by atoms with Crippen molar-refractivity contribution in [1.29, 1.82) is 0 Å². The summed E-state index contributed by atoms with van der Waals surface area (Å²) in [5.74, 6) is 2.21. The second-order valence-electron chi connectivity index (χ2n) is 4.14. The predicted molar refractivity (Wildman–Crippen MR) is 69.9 cm³/mol. The highest BCUT2D eigenvalue weighted by atomic mass is 32.2. The molecule has 1 atom stereocenters. The zero-order chi connectivity index (χ0) is 11.4. The highest BCUT2D eigenvalue weighted by molar-refractivity contribution is 7.98. The maximum atomic E-state index is 6.26. The molecule has 1 fully saturated rings. The fourth-order valence-electron chi connectivity index (χ4n) is 1.69. The molecule has 16 heavy (non-hydrogen) atoms. The summed E-state index contributed by atoms with van der Waals surface area (Å²) in [4.78, 5) is 4.63. The van der Waals surface area contributed by atoms with Gasteiger partial charge in [0, 0.05) is 17.7 Å². The van der Waals surface area contributed by atoms with Gasteiger partial charge in [0.25, 0.3) is 0 Å². The van der Waals surface area contributed by atoms with Crippen LogP contribution >= 0.6 is 23.1 Å². The van der Waals surface area contributed by atoms with Gasteiger partial charge in [0.2, 0.25) is 0 Å². The Bertz CT molecular complexity index is 334. The van der Waals surface area contributed by atoms with Crippen LogP contribution in [0.5, 0.6) is 0 Å². The Kier molecular flexibility index (Phi) is 4.24. The van der Waals surface area contributed by atoms with E-state index in [9.17, 15) is 0 Å². The van der Waals surface area contributed by atoms with Crippen LogP contribution in [0.25, 0.3) is 0 Å². The van der Waals surface area contributed by atoms with E-state index in [4.69, 9.17) is 10.5 Å². The molecule has 0 bridgehead atoms. The van der Waals surface area contributed by atoms with Crippen molar-refractivity contribution in [1.82, 2.24) is 4.98 Å². The number of hydrogen-bond donors (Lipinski definition) is 1. The zero-order valence-corrected chi connectivity index (χ0v) is 11.2. The maximum Gasteiger partial charge on any atom is 0.103 e. The molecule has 2 N–H and O–H groups in total. The number of nitrogens with zero attached hydrogens (tertiary/aromatic N) is 1. The van der Waals surface area contributed by atoms with Crippen molar-refractivity contribution in [2.24, 2.45) is 5.73 Å². The largest absolute Gasteiger partial charge is 0.379 e. The lowest BCUT2D eigenvalue weighted by atomic mass is 9.97. The summed E-state index contributed by atoms with van der Waals surface area (Å²) in [7, 11) is 0. The molecule has 3 nitrogen and oxygen atoms in total. The first-order valence-electron chi connectivity index (χ1n) is 5.64. The first-order valence-corrected chi connectivity index (χ1v) is 7.67. The van der Waals surface area contributed by atoms with E-state index in [1.165, 1.54) is 17.2 Å². The van der Waals surface area contributed by atoms with Crippen LogP contribution in [-0.2, 0) is 16.0 Å². The lowest BCUT2D eigenvalue weighted by molar-refractivity contribution is 0.177. The molecule has 0 amide bonds. The number of thioether (sulfide) groups is 1. The van der Waals surface area contributed by atoms with Crippen LogP contribution in [0.4, 0.5) is 0 Å². The van der Waals surface area contributed by atoms with Crippen molar-refractivity contribution in [2.75, 3.05) is 19.0 Å². The summed E-state index contributed by atoms with van der Waals surface area (Å²) in [5, 5.41) is 3.28. The Labute approximate surface area is 105 Å². The molecule has 0 aromatic carbocycles. The van der Waals surface area contributed by atoms with Crippen LogP contribution in [-0.4, -0.2) is 24.0 Å². The minimum Gasteiger partial charge on any atom is -0.379 e. The second-order valence-corrected chi connectivity index (χ2v) is 6.19. The van der Waals surface area contributed by atoms with Crippen LogP contribution < -0.4 is 5.73 Å². The van der Waals surface area contributed by atoms with Crippen LogP contribution in [0.3, 0.4) is 0 Å². The molecule has 90 valence electrons. The topological polar surface area (TPSA) is 48.1 Å². The summed E-state index contributed by atoms with van der Waals surface area (Å²) in [6.45, 7) is 3.57. The van der Waals surface area contributed by atoms with Crippen molar-refractivity contribution in [2.45, 2.75) is 31.1 Å². The van der Waals surface area contributed by atoms with Gasteiger partial charge in [-0.25, -0.2) is 4.98 Å². The Morgan fingerprint density at radius 2 is 2.56 bits per heavy atom. The maximum absolute atomic E-state index is 6.26. The molecule has 1 aromatic heterocycles. The highest BCUT2D eigenvalue weighted by Gasteiger charge is 2.34. The molecule has 0 radical (unpaired) electrons. The van der Waals surface area contributed by atoms with Crippen LogP contribution in [0.2, 0.25) is 0 Å². The Hall–Kier alpha value is -0.100. The third kappa shape index (κ3) is 2.77. The standard InChI is InChI=1S/C11H18N2OS2/c1-2-5-15-7-10-13-9(6-16-10)11(12)3-4-14-8-11/h6H,2-5,7-8,12H2,1H3. The van der Waals surface area contributed by atoms with Crippen LogP contribution in [0, 0.1) is 0 Å². The van der Waals surface area contributed by atoms with E-state index in [0.717, 1.165) is 24.5 Å². The van der Waals surface area contributed by atoms with Crippen LogP contribution in [0.15, 0.2) is 5.38 Å². The quantitative estimate of drug-likeness (QED) is 0.824. The molecule has 1 aromatic rings. The highest BCUT2D eigenvalue weighted by Crippen LogP contribution is 2.29. The summed E-state index contributed by atoms with van der Waals surface area (Å²) in [6, 6.07) is 0.